The molecule has 0 fully saturated rings. The van der Waals surface area contributed by atoms with Crippen LogP contribution in [0, 0.1) is 0 Å². The van der Waals surface area contributed by atoms with Crippen molar-refractivity contribution in [2.45, 2.75) is 0 Å². The molecule has 1 aromatic heterocycles. The molecule has 0 unspecified atom stereocenters. The molecule has 0 radical (unpaired) electrons. The van der Waals surface area contributed by atoms with Gasteiger partial charge in [0.15, 0.2) is 0 Å². The standard InChI is InChI=1S/C52H34N2O/c1-3-15-37(16-4-1)53(38-17-5-2-6-18-38)39-19-13-20-40(32-39)54(41-29-28-36-27-26-35-14-7-8-21-43(35)48(36)33-41)42-30-31-45-44-22-9-10-23-46(44)51-47-24-11-12-25-50(47)55-52(51)49(45)34-42/h1-34H. The number of benzene rings is 10. The molecule has 0 aliphatic heterocycles. The minimum Gasteiger partial charge on any atom is -0.455 e. The van der Waals surface area contributed by atoms with Gasteiger partial charge in [-0.1, -0.05) is 133 Å². The molecule has 11 rings (SSSR count). The van der Waals surface area contributed by atoms with Crippen LogP contribution in [0.3, 0.4) is 0 Å². The largest absolute Gasteiger partial charge is 0.455 e. The lowest BCUT2D eigenvalue weighted by molar-refractivity contribution is 0.673. The van der Waals surface area contributed by atoms with Gasteiger partial charge in [0.1, 0.15) is 11.2 Å². The number of anilines is 6. The van der Waals surface area contributed by atoms with Gasteiger partial charge in [-0.05, 0) is 110 Å². The molecular weight excluding hydrogens is 669 g/mol. The average molecular weight is 703 g/mol. The molecule has 0 saturated heterocycles. The molecule has 3 heteroatoms. The van der Waals surface area contributed by atoms with Crippen LogP contribution < -0.4 is 9.80 Å². The molecule has 0 aliphatic carbocycles. The predicted octanol–water partition coefficient (Wildman–Crippen LogP) is 15.1. The van der Waals surface area contributed by atoms with Crippen LogP contribution in [-0.2, 0) is 0 Å². The maximum Gasteiger partial charge on any atom is 0.143 e. The fraction of sp³-hybridized carbons (Fsp3) is 0. The second-order valence-electron chi connectivity index (χ2n) is 14.1. The molecule has 0 bridgehead atoms. The molecule has 11 aromatic rings. The first-order valence-corrected chi connectivity index (χ1v) is 18.8. The van der Waals surface area contributed by atoms with Gasteiger partial charge in [-0.3, -0.25) is 0 Å². The first-order valence-electron chi connectivity index (χ1n) is 18.8. The summed E-state index contributed by atoms with van der Waals surface area (Å²) in [6.45, 7) is 0. The quantitative estimate of drug-likeness (QED) is 0.161. The summed E-state index contributed by atoms with van der Waals surface area (Å²) in [7, 11) is 0. The lowest BCUT2D eigenvalue weighted by Crippen LogP contribution is -2.13. The zero-order valence-corrected chi connectivity index (χ0v) is 29.9. The lowest BCUT2D eigenvalue weighted by Gasteiger charge is -2.29. The molecule has 55 heavy (non-hydrogen) atoms. The van der Waals surface area contributed by atoms with E-state index in [1.54, 1.807) is 0 Å². The van der Waals surface area contributed by atoms with Crippen LogP contribution in [0.25, 0.3) is 65.0 Å². The smallest absolute Gasteiger partial charge is 0.143 e. The van der Waals surface area contributed by atoms with Gasteiger partial charge in [-0.15, -0.1) is 0 Å². The van der Waals surface area contributed by atoms with Crippen LogP contribution in [0.2, 0.25) is 0 Å². The summed E-state index contributed by atoms with van der Waals surface area (Å²) in [5.41, 5.74) is 8.24. The van der Waals surface area contributed by atoms with Gasteiger partial charge >= 0.3 is 0 Å². The van der Waals surface area contributed by atoms with Crippen molar-refractivity contribution in [2.75, 3.05) is 9.80 Å². The average Bonchev–Trinajstić information content (AvgIpc) is 3.65. The second-order valence-corrected chi connectivity index (χ2v) is 14.1. The Kier molecular flexibility index (Phi) is 7.17. The summed E-state index contributed by atoms with van der Waals surface area (Å²) in [4.78, 5) is 4.71. The van der Waals surface area contributed by atoms with E-state index in [0.717, 1.165) is 61.4 Å². The molecule has 0 N–H and O–H groups in total. The fourth-order valence-corrected chi connectivity index (χ4v) is 8.48. The Morgan fingerprint density at radius 2 is 0.745 bits per heavy atom. The minimum atomic E-state index is 0.897. The highest BCUT2D eigenvalue weighted by molar-refractivity contribution is 6.30. The van der Waals surface area contributed by atoms with Gasteiger partial charge in [-0.25, -0.2) is 0 Å². The normalized spacial score (nSPS) is 11.6. The number of para-hydroxylation sites is 3. The van der Waals surface area contributed by atoms with Gasteiger partial charge < -0.3 is 14.2 Å². The van der Waals surface area contributed by atoms with Gasteiger partial charge in [0.25, 0.3) is 0 Å². The number of rotatable bonds is 6. The van der Waals surface area contributed by atoms with Crippen molar-refractivity contribution in [1.82, 2.24) is 0 Å². The molecule has 1 heterocycles. The number of fused-ring (bicyclic) bond motifs is 11. The third-order valence-electron chi connectivity index (χ3n) is 11.0. The molecule has 10 aromatic carbocycles. The van der Waals surface area contributed by atoms with Crippen molar-refractivity contribution < 1.29 is 4.42 Å². The summed E-state index contributed by atoms with van der Waals surface area (Å²) in [6, 6.07) is 73.9. The van der Waals surface area contributed by atoms with Gasteiger partial charge in [0, 0.05) is 50.3 Å². The van der Waals surface area contributed by atoms with E-state index in [1.165, 1.54) is 37.7 Å². The van der Waals surface area contributed by atoms with Gasteiger partial charge in [0.2, 0.25) is 0 Å². The van der Waals surface area contributed by atoms with Crippen molar-refractivity contribution >= 4 is 99.2 Å². The van der Waals surface area contributed by atoms with E-state index in [-0.39, 0.29) is 0 Å². The predicted molar refractivity (Wildman–Crippen MR) is 233 cm³/mol. The van der Waals surface area contributed by atoms with Crippen molar-refractivity contribution in [3.05, 3.63) is 206 Å². The maximum absolute atomic E-state index is 6.75. The van der Waals surface area contributed by atoms with E-state index in [4.69, 9.17) is 4.42 Å². The Morgan fingerprint density at radius 3 is 1.47 bits per heavy atom. The first-order chi connectivity index (χ1) is 27.3. The van der Waals surface area contributed by atoms with Crippen molar-refractivity contribution in [1.29, 1.82) is 0 Å². The SMILES string of the molecule is c1ccc(N(c2ccccc2)c2cccc(N(c3ccc4ccc5ccccc5c4c3)c3ccc4c5ccccc5c5c6ccccc6oc5c4c3)c2)cc1. The Labute approximate surface area is 318 Å². The Bertz CT molecular complexity index is 3180. The molecule has 3 nitrogen and oxygen atoms in total. The van der Waals surface area contributed by atoms with Crippen LogP contribution in [0.5, 0.6) is 0 Å². The van der Waals surface area contributed by atoms with Crippen LogP contribution in [0.15, 0.2) is 211 Å². The molecule has 0 amide bonds. The first kappa shape index (κ1) is 31.2. The van der Waals surface area contributed by atoms with Gasteiger partial charge in [0.05, 0.1) is 0 Å². The topological polar surface area (TPSA) is 19.6 Å². The second kappa shape index (κ2) is 12.6. The zero-order valence-electron chi connectivity index (χ0n) is 29.9. The monoisotopic (exact) mass is 702 g/mol. The highest BCUT2D eigenvalue weighted by atomic mass is 16.3. The summed E-state index contributed by atoms with van der Waals surface area (Å²) in [5.74, 6) is 0. The fourth-order valence-electron chi connectivity index (χ4n) is 8.48. The van der Waals surface area contributed by atoms with E-state index >= 15 is 0 Å². The molecule has 0 saturated carbocycles. The Morgan fingerprint density at radius 1 is 0.273 bits per heavy atom. The molecule has 258 valence electrons. The summed E-state index contributed by atoms with van der Waals surface area (Å²) in [6.07, 6.45) is 0. The van der Waals surface area contributed by atoms with E-state index in [9.17, 15) is 0 Å². The Hall–Kier alpha value is -7.36. The third kappa shape index (κ3) is 5.13. The van der Waals surface area contributed by atoms with Crippen molar-refractivity contribution in [2.24, 2.45) is 0 Å². The summed E-state index contributed by atoms with van der Waals surface area (Å²) >= 11 is 0. The van der Waals surface area contributed by atoms with E-state index in [1.807, 2.05) is 6.07 Å². The molecule has 0 spiro atoms. The summed E-state index contributed by atoms with van der Waals surface area (Å²) in [5, 5.41) is 11.9. The van der Waals surface area contributed by atoms with Crippen LogP contribution in [-0.4, -0.2) is 0 Å². The number of hydrogen-bond acceptors (Lipinski definition) is 3. The highest BCUT2D eigenvalue weighted by Gasteiger charge is 2.21. The third-order valence-corrected chi connectivity index (χ3v) is 11.0. The highest BCUT2D eigenvalue weighted by Crippen LogP contribution is 2.45. The number of hydrogen-bond donors (Lipinski definition) is 0. The Balaban J connectivity index is 1.18. The van der Waals surface area contributed by atoms with E-state index in [2.05, 4.69) is 210 Å². The summed E-state index contributed by atoms with van der Waals surface area (Å²) < 4.78 is 6.75. The van der Waals surface area contributed by atoms with Crippen LogP contribution in [0.4, 0.5) is 34.1 Å². The van der Waals surface area contributed by atoms with Crippen molar-refractivity contribution in [3.8, 4) is 0 Å². The molecule has 0 atom stereocenters. The van der Waals surface area contributed by atoms with Crippen LogP contribution in [0.1, 0.15) is 0 Å². The zero-order chi connectivity index (χ0) is 36.3. The number of nitrogens with zero attached hydrogens (tertiary/aromatic N) is 2. The maximum atomic E-state index is 6.75. The molecule has 0 aliphatic rings. The van der Waals surface area contributed by atoms with E-state index < -0.39 is 0 Å². The molecular formula is C52H34N2O. The van der Waals surface area contributed by atoms with Gasteiger partial charge in [-0.2, -0.15) is 0 Å². The minimum absolute atomic E-state index is 0.897. The number of furan rings is 1. The lowest BCUT2D eigenvalue weighted by atomic mass is 9.96. The van der Waals surface area contributed by atoms with Crippen molar-refractivity contribution in [3.63, 3.8) is 0 Å². The van der Waals surface area contributed by atoms with Crippen LogP contribution >= 0.6 is 0 Å². The van der Waals surface area contributed by atoms with E-state index in [0.29, 0.717) is 0 Å².